The van der Waals surface area contributed by atoms with E-state index in [-0.39, 0.29) is 11.3 Å². The summed E-state index contributed by atoms with van der Waals surface area (Å²) in [5, 5.41) is 22.9. The SMILES string of the molecule is CN/C=C(/C#N)C(=O)Nc1ccc(O)cc1. The van der Waals surface area contributed by atoms with Gasteiger partial charge in [-0.25, -0.2) is 0 Å². The van der Waals surface area contributed by atoms with Crippen molar-refractivity contribution in [1.82, 2.24) is 5.32 Å². The van der Waals surface area contributed by atoms with Crippen LogP contribution in [0.25, 0.3) is 0 Å². The van der Waals surface area contributed by atoms with E-state index in [0.717, 1.165) is 0 Å². The quantitative estimate of drug-likeness (QED) is 0.400. The summed E-state index contributed by atoms with van der Waals surface area (Å²) in [5.74, 6) is -0.383. The number of amides is 1. The van der Waals surface area contributed by atoms with E-state index in [0.29, 0.717) is 5.69 Å². The fourth-order valence-corrected chi connectivity index (χ4v) is 1.04. The molecule has 0 spiro atoms. The van der Waals surface area contributed by atoms with Crippen molar-refractivity contribution in [2.24, 2.45) is 0 Å². The lowest BCUT2D eigenvalue weighted by atomic mass is 10.2. The number of phenols is 1. The Balaban J connectivity index is 2.75. The van der Waals surface area contributed by atoms with Crippen LogP contribution in [-0.4, -0.2) is 18.1 Å². The molecule has 1 amide bonds. The summed E-state index contributed by atoms with van der Waals surface area (Å²) in [5.41, 5.74) is 0.496. The van der Waals surface area contributed by atoms with Crippen molar-refractivity contribution < 1.29 is 9.90 Å². The summed E-state index contributed by atoms with van der Waals surface area (Å²) < 4.78 is 0. The Morgan fingerprint density at radius 3 is 2.56 bits per heavy atom. The minimum atomic E-state index is -0.498. The molecule has 0 aromatic heterocycles. The second-order valence-electron chi connectivity index (χ2n) is 2.96. The minimum absolute atomic E-state index is 0.0180. The van der Waals surface area contributed by atoms with Gasteiger partial charge in [0.15, 0.2) is 0 Å². The molecule has 0 radical (unpaired) electrons. The van der Waals surface area contributed by atoms with E-state index < -0.39 is 5.91 Å². The number of nitrogens with one attached hydrogen (secondary N) is 2. The lowest BCUT2D eigenvalue weighted by Gasteiger charge is -2.03. The maximum absolute atomic E-state index is 11.5. The first-order chi connectivity index (χ1) is 7.67. The van der Waals surface area contributed by atoms with Crippen molar-refractivity contribution in [3.8, 4) is 11.8 Å². The van der Waals surface area contributed by atoms with Crippen molar-refractivity contribution in [3.05, 3.63) is 36.0 Å². The predicted octanol–water partition coefficient (Wildman–Crippen LogP) is 0.958. The topological polar surface area (TPSA) is 85.2 Å². The first-order valence-electron chi connectivity index (χ1n) is 4.55. The number of benzene rings is 1. The minimum Gasteiger partial charge on any atom is -0.508 e. The first kappa shape index (κ1) is 11.6. The average Bonchev–Trinajstić information content (AvgIpc) is 2.29. The van der Waals surface area contributed by atoms with Crippen molar-refractivity contribution in [1.29, 1.82) is 5.26 Å². The fourth-order valence-electron chi connectivity index (χ4n) is 1.04. The molecule has 0 unspecified atom stereocenters. The van der Waals surface area contributed by atoms with E-state index in [1.54, 1.807) is 25.2 Å². The van der Waals surface area contributed by atoms with Gasteiger partial charge in [0, 0.05) is 18.9 Å². The molecule has 82 valence electrons. The molecule has 0 aliphatic carbocycles. The van der Waals surface area contributed by atoms with Crippen LogP contribution in [0.15, 0.2) is 36.0 Å². The zero-order chi connectivity index (χ0) is 12.0. The number of phenolic OH excluding ortho intramolecular Hbond substituents is 1. The van der Waals surface area contributed by atoms with Gasteiger partial charge in [-0.1, -0.05) is 0 Å². The number of hydrogen-bond donors (Lipinski definition) is 3. The monoisotopic (exact) mass is 217 g/mol. The van der Waals surface area contributed by atoms with Gasteiger partial charge >= 0.3 is 0 Å². The maximum Gasteiger partial charge on any atom is 0.267 e. The highest BCUT2D eigenvalue weighted by atomic mass is 16.3. The molecule has 0 aliphatic rings. The van der Waals surface area contributed by atoms with Crippen LogP contribution in [0, 0.1) is 11.3 Å². The van der Waals surface area contributed by atoms with Crippen LogP contribution in [-0.2, 0) is 4.79 Å². The van der Waals surface area contributed by atoms with Gasteiger partial charge in [-0.2, -0.15) is 5.26 Å². The Labute approximate surface area is 93.0 Å². The lowest BCUT2D eigenvalue weighted by molar-refractivity contribution is -0.112. The zero-order valence-electron chi connectivity index (χ0n) is 8.69. The summed E-state index contributed by atoms with van der Waals surface area (Å²) in [6.45, 7) is 0. The van der Waals surface area contributed by atoms with E-state index in [9.17, 15) is 4.79 Å². The second kappa shape index (κ2) is 5.41. The summed E-state index contributed by atoms with van der Waals surface area (Å²) in [7, 11) is 1.60. The van der Waals surface area contributed by atoms with E-state index in [1.165, 1.54) is 18.3 Å². The Kier molecular flexibility index (Phi) is 3.92. The van der Waals surface area contributed by atoms with Crippen LogP contribution in [0.5, 0.6) is 5.75 Å². The summed E-state index contributed by atoms with van der Waals surface area (Å²) in [6.07, 6.45) is 1.32. The number of nitriles is 1. The van der Waals surface area contributed by atoms with Crippen LogP contribution < -0.4 is 10.6 Å². The van der Waals surface area contributed by atoms with Gasteiger partial charge in [-0.3, -0.25) is 4.79 Å². The number of hydrogen-bond acceptors (Lipinski definition) is 4. The molecule has 1 aromatic rings. The van der Waals surface area contributed by atoms with Gasteiger partial charge < -0.3 is 15.7 Å². The normalized spacial score (nSPS) is 10.4. The van der Waals surface area contributed by atoms with Gasteiger partial charge in [0.2, 0.25) is 0 Å². The standard InChI is InChI=1S/C11H11N3O2/c1-13-7-8(6-12)11(16)14-9-2-4-10(15)5-3-9/h2-5,7,13,15H,1H3,(H,14,16)/b8-7-. The fraction of sp³-hybridized carbons (Fsp3) is 0.0909. The smallest absolute Gasteiger partial charge is 0.267 e. The number of carbonyl (C=O) groups is 1. The molecular weight excluding hydrogens is 206 g/mol. The summed E-state index contributed by atoms with van der Waals surface area (Å²) in [6, 6.07) is 7.75. The molecule has 3 N–H and O–H groups in total. The Bertz CT molecular complexity index is 443. The molecule has 0 atom stereocenters. The third kappa shape index (κ3) is 3.03. The van der Waals surface area contributed by atoms with Crippen molar-refractivity contribution in [2.75, 3.05) is 12.4 Å². The second-order valence-corrected chi connectivity index (χ2v) is 2.96. The Morgan fingerprint density at radius 2 is 2.06 bits per heavy atom. The number of anilines is 1. The van der Waals surface area contributed by atoms with E-state index in [4.69, 9.17) is 10.4 Å². The molecule has 0 aliphatic heterocycles. The molecular formula is C11H11N3O2. The first-order valence-corrected chi connectivity index (χ1v) is 4.55. The Morgan fingerprint density at radius 1 is 1.44 bits per heavy atom. The highest BCUT2D eigenvalue weighted by molar-refractivity contribution is 6.06. The van der Waals surface area contributed by atoms with Crippen molar-refractivity contribution >= 4 is 11.6 Å². The summed E-state index contributed by atoms with van der Waals surface area (Å²) >= 11 is 0. The largest absolute Gasteiger partial charge is 0.508 e. The third-order valence-corrected chi connectivity index (χ3v) is 1.78. The van der Waals surface area contributed by atoms with Crippen LogP contribution >= 0.6 is 0 Å². The molecule has 5 nitrogen and oxygen atoms in total. The molecule has 16 heavy (non-hydrogen) atoms. The van der Waals surface area contributed by atoms with E-state index in [2.05, 4.69) is 10.6 Å². The van der Waals surface area contributed by atoms with Crippen molar-refractivity contribution in [3.63, 3.8) is 0 Å². The third-order valence-electron chi connectivity index (χ3n) is 1.78. The number of nitrogens with zero attached hydrogens (tertiary/aromatic N) is 1. The number of aromatic hydroxyl groups is 1. The van der Waals surface area contributed by atoms with Crippen LogP contribution in [0.3, 0.4) is 0 Å². The van der Waals surface area contributed by atoms with Gasteiger partial charge in [0.05, 0.1) is 0 Å². The summed E-state index contributed by atoms with van der Waals surface area (Å²) in [4.78, 5) is 11.5. The van der Waals surface area contributed by atoms with Gasteiger partial charge in [0.25, 0.3) is 5.91 Å². The van der Waals surface area contributed by atoms with Crippen LogP contribution in [0.2, 0.25) is 0 Å². The van der Waals surface area contributed by atoms with Crippen molar-refractivity contribution in [2.45, 2.75) is 0 Å². The van der Waals surface area contributed by atoms with Gasteiger partial charge in [0.1, 0.15) is 17.4 Å². The highest BCUT2D eigenvalue weighted by Gasteiger charge is 2.08. The number of carbonyl (C=O) groups excluding carboxylic acids is 1. The molecule has 0 fully saturated rings. The Hall–Kier alpha value is -2.48. The maximum atomic E-state index is 11.5. The molecule has 1 rings (SSSR count). The predicted molar refractivity (Wildman–Crippen MR) is 59.5 cm³/mol. The molecule has 0 saturated carbocycles. The van der Waals surface area contributed by atoms with Crippen LogP contribution in [0.4, 0.5) is 5.69 Å². The molecule has 5 heteroatoms. The van der Waals surface area contributed by atoms with E-state index in [1.807, 2.05) is 0 Å². The number of rotatable bonds is 3. The van der Waals surface area contributed by atoms with Gasteiger partial charge in [-0.15, -0.1) is 0 Å². The van der Waals surface area contributed by atoms with Gasteiger partial charge in [-0.05, 0) is 24.3 Å². The van der Waals surface area contributed by atoms with E-state index >= 15 is 0 Å². The lowest BCUT2D eigenvalue weighted by Crippen LogP contribution is -2.15. The molecule has 0 heterocycles. The highest BCUT2D eigenvalue weighted by Crippen LogP contribution is 2.14. The van der Waals surface area contributed by atoms with Crippen LogP contribution in [0.1, 0.15) is 0 Å². The molecule has 1 aromatic carbocycles. The molecule has 0 bridgehead atoms. The average molecular weight is 217 g/mol. The zero-order valence-corrected chi connectivity index (χ0v) is 8.69. The molecule has 0 saturated heterocycles.